The number of hydrogen-bond donors (Lipinski definition) is 1. The van der Waals surface area contributed by atoms with Crippen molar-refractivity contribution in [3.63, 3.8) is 0 Å². The van der Waals surface area contributed by atoms with Crippen molar-refractivity contribution in [1.29, 1.82) is 0 Å². The number of hydrogen-bond acceptors (Lipinski definition) is 5. The Morgan fingerprint density at radius 3 is 2.75 bits per heavy atom. The van der Waals surface area contributed by atoms with Crippen LogP contribution >= 0.6 is 11.3 Å². The highest BCUT2D eigenvalue weighted by Crippen LogP contribution is 2.39. The Balaban J connectivity index is 2.04. The number of aryl methyl sites for hydroxylation is 1. The van der Waals surface area contributed by atoms with Gasteiger partial charge in [0.2, 0.25) is 0 Å². The van der Waals surface area contributed by atoms with E-state index in [0.29, 0.717) is 18.0 Å². The molecule has 0 unspecified atom stereocenters. The first-order chi connectivity index (χ1) is 11.5. The van der Waals surface area contributed by atoms with E-state index in [-0.39, 0.29) is 13.2 Å². The average Bonchev–Trinajstić information content (AvgIpc) is 2.88. The van der Waals surface area contributed by atoms with Crippen LogP contribution in [0, 0.1) is 6.92 Å². The third-order valence-corrected chi connectivity index (χ3v) is 4.89. The highest BCUT2D eigenvalue weighted by molar-refractivity contribution is 7.15. The Kier molecular flexibility index (Phi) is 4.44. The quantitative estimate of drug-likeness (QED) is 0.843. The van der Waals surface area contributed by atoms with Crippen molar-refractivity contribution in [3.05, 3.63) is 34.7 Å². The van der Waals surface area contributed by atoms with Gasteiger partial charge in [-0.2, -0.15) is 0 Å². The van der Waals surface area contributed by atoms with Crippen molar-refractivity contribution in [2.75, 3.05) is 20.3 Å². The van der Waals surface area contributed by atoms with Gasteiger partial charge in [-0.25, -0.2) is 0 Å². The molecule has 0 radical (unpaired) electrons. The normalized spacial score (nSPS) is 13.7. The number of amides is 2. The summed E-state index contributed by atoms with van der Waals surface area (Å²) in [6.07, 6.45) is 0. The van der Waals surface area contributed by atoms with Gasteiger partial charge in [-0.1, -0.05) is 0 Å². The first-order valence-corrected chi connectivity index (χ1v) is 8.30. The summed E-state index contributed by atoms with van der Waals surface area (Å²) in [5.41, 5.74) is 6.90. The summed E-state index contributed by atoms with van der Waals surface area (Å²) in [4.78, 5) is 26.9. The number of fused-ring (bicyclic) bond motifs is 1. The number of nitrogens with zero attached hydrogens (tertiary/aromatic N) is 1. The van der Waals surface area contributed by atoms with E-state index < -0.39 is 11.8 Å². The van der Waals surface area contributed by atoms with Crippen LogP contribution in [0.2, 0.25) is 0 Å². The summed E-state index contributed by atoms with van der Waals surface area (Å²) in [6.45, 7) is 2.88. The fraction of sp³-hybridized carbons (Fsp3) is 0.294. The fourth-order valence-electron chi connectivity index (χ4n) is 2.70. The van der Waals surface area contributed by atoms with E-state index in [1.807, 2.05) is 25.1 Å². The molecular weight excluding hydrogens is 328 g/mol. The van der Waals surface area contributed by atoms with Crippen molar-refractivity contribution >= 4 is 23.2 Å². The van der Waals surface area contributed by atoms with E-state index >= 15 is 0 Å². The van der Waals surface area contributed by atoms with Gasteiger partial charge in [0.25, 0.3) is 0 Å². The van der Waals surface area contributed by atoms with Crippen molar-refractivity contribution in [1.82, 2.24) is 4.90 Å². The van der Waals surface area contributed by atoms with Gasteiger partial charge in [-0.05, 0) is 36.8 Å². The first kappa shape index (κ1) is 16.3. The number of benzene rings is 1. The van der Waals surface area contributed by atoms with Crippen molar-refractivity contribution in [3.8, 4) is 21.9 Å². The third kappa shape index (κ3) is 3.07. The molecule has 0 spiro atoms. The van der Waals surface area contributed by atoms with Crippen LogP contribution in [0.25, 0.3) is 10.4 Å². The predicted octanol–water partition coefficient (Wildman–Crippen LogP) is 1.94. The maximum Gasteiger partial charge on any atom is 0.312 e. The topological polar surface area (TPSA) is 81.9 Å². The molecule has 24 heavy (non-hydrogen) atoms. The summed E-state index contributed by atoms with van der Waals surface area (Å²) in [7, 11) is 1.58. The molecule has 126 valence electrons. The van der Waals surface area contributed by atoms with Gasteiger partial charge in [0, 0.05) is 15.3 Å². The van der Waals surface area contributed by atoms with Gasteiger partial charge in [0.1, 0.15) is 6.61 Å². The van der Waals surface area contributed by atoms with Crippen LogP contribution in [-0.2, 0) is 16.1 Å². The summed E-state index contributed by atoms with van der Waals surface area (Å²) in [5.74, 6) is -0.450. The zero-order chi connectivity index (χ0) is 17.3. The van der Waals surface area contributed by atoms with Gasteiger partial charge < -0.3 is 20.1 Å². The summed E-state index contributed by atoms with van der Waals surface area (Å²) in [5, 5.41) is 0. The number of ether oxygens (including phenoxy) is 2. The van der Waals surface area contributed by atoms with Gasteiger partial charge in [-0.15, -0.1) is 11.3 Å². The second kappa shape index (κ2) is 6.52. The molecule has 0 fully saturated rings. The van der Waals surface area contributed by atoms with Crippen LogP contribution in [0.4, 0.5) is 0 Å². The molecule has 1 aliphatic heterocycles. The second-order valence-electron chi connectivity index (χ2n) is 5.52. The molecule has 2 N–H and O–H groups in total. The summed E-state index contributed by atoms with van der Waals surface area (Å²) < 4.78 is 11.2. The highest BCUT2D eigenvalue weighted by Gasteiger charge is 2.25. The maximum absolute atomic E-state index is 11.9. The molecule has 3 rings (SSSR count). The van der Waals surface area contributed by atoms with Crippen molar-refractivity contribution in [2.45, 2.75) is 13.5 Å². The zero-order valence-corrected chi connectivity index (χ0v) is 14.3. The molecule has 0 saturated heterocycles. The summed E-state index contributed by atoms with van der Waals surface area (Å²) in [6, 6.07) is 7.99. The van der Waals surface area contributed by atoms with Crippen LogP contribution in [0.1, 0.15) is 10.4 Å². The molecule has 2 heterocycles. The Morgan fingerprint density at radius 1 is 1.33 bits per heavy atom. The summed E-state index contributed by atoms with van der Waals surface area (Å²) >= 11 is 1.68. The van der Waals surface area contributed by atoms with Crippen molar-refractivity contribution < 1.29 is 19.1 Å². The number of primary amides is 1. The average molecular weight is 346 g/mol. The van der Waals surface area contributed by atoms with E-state index in [1.165, 1.54) is 9.78 Å². The Bertz CT molecular complexity index is 800. The van der Waals surface area contributed by atoms with E-state index in [9.17, 15) is 9.59 Å². The lowest BCUT2D eigenvalue weighted by Gasteiger charge is -2.18. The van der Waals surface area contributed by atoms with E-state index in [1.54, 1.807) is 18.4 Å². The zero-order valence-electron chi connectivity index (χ0n) is 13.5. The molecule has 0 saturated carbocycles. The van der Waals surface area contributed by atoms with Gasteiger partial charge in [0.05, 0.1) is 20.2 Å². The van der Waals surface area contributed by atoms with Gasteiger partial charge >= 0.3 is 11.8 Å². The molecule has 1 aliphatic rings. The molecule has 0 atom stereocenters. The van der Waals surface area contributed by atoms with Crippen LogP contribution in [0.3, 0.4) is 0 Å². The minimum atomic E-state index is -0.963. The van der Waals surface area contributed by atoms with Crippen LogP contribution in [-0.4, -0.2) is 37.0 Å². The number of carbonyl (C=O) groups is 2. The molecule has 1 aromatic carbocycles. The van der Waals surface area contributed by atoms with E-state index in [0.717, 1.165) is 16.0 Å². The van der Waals surface area contributed by atoms with Gasteiger partial charge in [-0.3, -0.25) is 9.59 Å². The molecule has 2 aromatic rings. The van der Waals surface area contributed by atoms with Crippen LogP contribution < -0.4 is 15.2 Å². The predicted molar refractivity (Wildman–Crippen MR) is 91.2 cm³/mol. The number of thiophene rings is 1. The van der Waals surface area contributed by atoms with Gasteiger partial charge in [0.15, 0.2) is 11.5 Å². The first-order valence-electron chi connectivity index (χ1n) is 7.49. The third-order valence-electron chi connectivity index (χ3n) is 3.84. The highest BCUT2D eigenvalue weighted by atomic mass is 32.1. The number of rotatable bonds is 2. The SMILES string of the molecule is COc1cc(-c2ccc(C)s2)cc2c1OCCN(C(=O)C(N)=O)C2. The standard InChI is InChI=1S/C17H18N2O4S/c1-10-3-4-14(24-10)11-7-12-9-19(17(21)16(18)20)5-6-23-15(12)13(8-11)22-2/h3-4,7-8H,5-6,9H2,1-2H3,(H2,18,20). The number of carbonyl (C=O) groups excluding carboxylic acids is 2. The smallest absolute Gasteiger partial charge is 0.312 e. The molecule has 0 aliphatic carbocycles. The maximum atomic E-state index is 11.9. The molecule has 2 amide bonds. The minimum Gasteiger partial charge on any atom is -0.493 e. The lowest BCUT2D eigenvalue weighted by molar-refractivity contribution is -0.144. The van der Waals surface area contributed by atoms with E-state index in [2.05, 4.69) is 6.07 Å². The lowest BCUT2D eigenvalue weighted by atomic mass is 10.1. The fourth-order valence-corrected chi connectivity index (χ4v) is 3.55. The second-order valence-corrected chi connectivity index (χ2v) is 6.80. The molecule has 0 bridgehead atoms. The lowest BCUT2D eigenvalue weighted by Crippen LogP contribution is -2.40. The largest absolute Gasteiger partial charge is 0.493 e. The monoisotopic (exact) mass is 346 g/mol. The number of nitrogens with two attached hydrogens (primary N) is 1. The molecule has 6 nitrogen and oxygen atoms in total. The Morgan fingerprint density at radius 2 is 2.12 bits per heavy atom. The van der Waals surface area contributed by atoms with E-state index in [4.69, 9.17) is 15.2 Å². The Labute approximate surface area is 143 Å². The van der Waals surface area contributed by atoms with Crippen molar-refractivity contribution in [2.24, 2.45) is 5.73 Å². The Hall–Kier alpha value is -2.54. The molecule has 1 aromatic heterocycles. The molecular formula is C17H18N2O4S. The molecule has 7 heteroatoms. The van der Waals surface area contributed by atoms with Crippen LogP contribution in [0.15, 0.2) is 24.3 Å². The minimum absolute atomic E-state index is 0.256. The van der Waals surface area contributed by atoms with Crippen LogP contribution in [0.5, 0.6) is 11.5 Å². The number of methoxy groups -OCH3 is 1.